The molecule has 5 nitrogen and oxygen atoms in total. The lowest BCUT2D eigenvalue weighted by atomic mass is 10.1. The number of benzene rings is 3. The molecule has 0 aliphatic carbocycles. The lowest BCUT2D eigenvalue weighted by Crippen LogP contribution is -2.50. The molecular formula is C26H25ClN4O. The highest BCUT2D eigenvalue weighted by molar-refractivity contribution is 6.31. The van der Waals surface area contributed by atoms with Crippen LogP contribution >= 0.6 is 11.6 Å². The smallest absolute Gasteiger partial charge is 0.247 e. The molecule has 1 aromatic heterocycles. The average Bonchev–Trinajstić information content (AvgIpc) is 3.23. The van der Waals surface area contributed by atoms with Gasteiger partial charge in [-0.15, -0.1) is 0 Å². The van der Waals surface area contributed by atoms with Crippen molar-refractivity contribution in [2.24, 2.45) is 0 Å². The second-order valence-corrected chi connectivity index (χ2v) is 8.58. The highest BCUT2D eigenvalue weighted by Gasteiger charge is 2.28. The normalized spacial score (nSPS) is 15.2. The Labute approximate surface area is 192 Å². The second kappa shape index (κ2) is 8.67. The minimum absolute atomic E-state index is 0.0941. The predicted molar refractivity (Wildman–Crippen MR) is 130 cm³/mol. The molecular weight excluding hydrogens is 420 g/mol. The number of aromatic nitrogens is 2. The van der Waals surface area contributed by atoms with Crippen molar-refractivity contribution in [2.75, 3.05) is 31.1 Å². The SMILES string of the molecule is C[C@@H](C(=O)N1CCN(c2ccccc2)CC1)n1nc(-c2ccccc2)c2cc(Cl)ccc21. The molecule has 3 aromatic carbocycles. The fraction of sp³-hybridized carbons (Fsp3) is 0.231. The summed E-state index contributed by atoms with van der Waals surface area (Å²) < 4.78 is 1.85. The van der Waals surface area contributed by atoms with Gasteiger partial charge in [-0.2, -0.15) is 5.10 Å². The van der Waals surface area contributed by atoms with E-state index in [0.29, 0.717) is 18.1 Å². The number of para-hydroxylation sites is 1. The third kappa shape index (κ3) is 3.84. The van der Waals surface area contributed by atoms with Crippen molar-refractivity contribution < 1.29 is 4.79 Å². The number of carbonyl (C=O) groups excluding carboxylic acids is 1. The molecule has 1 fully saturated rings. The third-order valence-electron chi connectivity index (χ3n) is 6.15. The highest BCUT2D eigenvalue weighted by Crippen LogP contribution is 2.32. The first-order valence-electron chi connectivity index (χ1n) is 10.9. The lowest BCUT2D eigenvalue weighted by molar-refractivity contribution is -0.134. The van der Waals surface area contributed by atoms with Crippen LogP contribution < -0.4 is 4.90 Å². The number of nitrogens with zero attached hydrogens (tertiary/aromatic N) is 4. The van der Waals surface area contributed by atoms with Crippen molar-refractivity contribution in [3.05, 3.63) is 83.9 Å². The van der Waals surface area contributed by atoms with E-state index in [1.54, 1.807) is 0 Å². The number of amides is 1. The van der Waals surface area contributed by atoms with E-state index in [1.807, 2.05) is 83.2 Å². The van der Waals surface area contributed by atoms with E-state index in [4.69, 9.17) is 16.7 Å². The standard InChI is InChI=1S/C26H25ClN4O/c1-19(26(32)30-16-14-29(15-17-30)22-10-6-3-7-11-22)31-24-13-12-21(27)18-23(24)25(28-31)20-8-4-2-5-9-20/h2-13,18-19H,14-17H2,1H3/t19-/m0/s1. The molecule has 6 heteroatoms. The van der Waals surface area contributed by atoms with E-state index in [9.17, 15) is 4.79 Å². The first-order valence-corrected chi connectivity index (χ1v) is 11.3. The molecule has 0 saturated carbocycles. The topological polar surface area (TPSA) is 41.4 Å². The molecule has 0 bridgehead atoms. The Hall–Kier alpha value is -3.31. The van der Waals surface area contributed by atoms with Gasteiger partial charge in [0.25, 0.3) is 0 Å². The molecule has 0 unspecified atom stereocenters. The van der Waals surface area contributed by atoms with Crippen molar-refractivity contribution in [1.82, 2.24) is 14.7 Å². The monoisotopic (exact) mass is 444 g/mol. The van der Waals surface area contributed by atoms with Gasteiger partial charge in [0.15, 0.2) is 0 Å². The van der Waals surface area contributed by atoms with Gasteiger partial charge in [0.2, 0.25) is 5.91 Å². The van der Waals surface area contributed by atoms with Crippen LogP contribution in [0.1, 0.15) is 13.0 Å². The quantitative estimate of drug-likeness (QED) is 0.430. The van der Waals surface area contributed by atoms with E-state index < -0.39 is 6.04 Å². The summed E-state index contributed by atoms with van der Waals surface area (Å²) in [4.78, 5) is 17.7. The maximum atomic E-state index is 13.4. The molecule has 5 rings (SSSR count). The minimum atomic E-state index is -0.403. The average molecular weight is 445 g/mol. The molecule has 0 radical (unpaired) electrons. The molecule has 32 heavy (non-hydrogen) atoms. The summed E-state index contributed by atoms with van der Waals surface area (Å²) in [5.74, 6) is 0.0941. The van der Waals surface area contributed by atoms with Gasteiger partial charge in [0.1, 0.15) is 11.7 Å². The van der Waals surface area contributed by atoms with E-state index in [0.717, 1.165) is 35.2 Å². The Morgan fingerprint density at radius 2 is 1.56 bits per heavy atom. The number of hydrogen-bond acceptors (Lipinski definition) is 3. The van der Waals surface area contributed by atoms with Gasteiger partial charge in [-0.05, 0) is 37.3 Å². The summed E-state index contributed by atoms with van der Waals surface area (Å²) in [5.41, 5.74) is 3.97. The molecule has 0 spiro atoms. The fourth-order valence-electron chi connectivity index (χ4n) is 4.41. The number of halogens is 1. The number of fused-ring (bicyclic) bond motifs is 1. The molecule has 1 atom stereocenters. The predicted octanol–water partition coefficient (Wildman–Crippen LogP) is 5.27. The molecule has 162 valence electrons. The first-order chi connectivity index (χ1) is 15.6. The van der Waals surface area contributed by atoms with Crippen LogP contribution in [0.15, 0.2) is 78.9 Å². The van der Waals surface area contributed by atoms with E-state index in [-0.39, 0.29) is 5.91 Å². The molecule has 1 aliphatic rings. The van der Waals surface area contributed by atoms with Crippen molar-refractivity contribution in [3.8, 4) is 11.3 Å². The number of rotatable bonds is 4. The molecule has 2 heterocycles. The summed E-state index contributed by atoms with van der Waals surface area (Å²) in [6, 6.07) is 25.7. The maximum absolute atomic E-state index is 13.4. The fourth-order valence-corrected chi connectivity index (χ4v) is 4.58. The zero-order valence-electron chi connectivity index (χ0n) is 18.0. The first kappa shape index (κ1) is 20.6. The van der Waals surface area contributed by atoms with Crippen LogP contribution in [0.3, 0.4) is 0 Å². The summed E-state index contributed by atoms with van der Waals surface area (Å²) in [6.07, 6.45) is 0. The van der Waals surface area contributed by atoms with Crippen LogP contribution in [-0.2, 0) is 4.79 Å². The molecule has 1 aliphatic heterocycles. The largest absolute Gasteiger partial charge is 0.368 e. The van der Waals surface area contributed by atoms with Gasteiger partial charge in [-0.1, -0.05) is 60.1 Å². The van der Waals surface area contributed by atoms with E-state index in [2.05, 4.69) is 17.0 Å². The Morgan fingerprint density at radius 3 is 2.25 bits per heavy atom. The molecule has 0 N–H and O–H groups in total. The van der Waals surface area contributed by atoms with Crippen LogP contribution in [0.2, 0.25) is 5.02 Å². The maximum Gasteiger partial charge on any atom is 0.247 e. The zero-order valence-corrected chi connectivity index (χ0v) is 18.7. The van der Waals surface area contributed by atoms with E-state index in [1.165, 1.54) is 5.69 Å². The number of piperazine rings is 1. The Morgan fingerprint density at radius 1 is 0.906 bits per heavy atom. The number of anilines is 1. The Bertz CT molecular complexity index is 1230. The van der Waals surface area contributed by atoms with Gasteiger partial charge in [-0.25, -0.2) is 0 Å². The Kier molecular flexibility index (Phi) is 5.58. The number of hydrogen-bond donors (Lipinski definition) is 0. The van der Waals surface area contributed by atoms with Gasteiger partial charge in [-0.3, -0.25) is 9.48 Å². The van der Waals surface area contributed by atoms with Crippen LogP contribution in [-0.4, -0.2) is 46.8 Å². The third-order valence-corrected chi connectivity index (χ3v) is 6.39. The summed E-state index contributed by atoms with van der Waals surface area (Å²) in [5, 5.41) is 6.49. The minimum Gasteiger partial charge on any atom is -0.368 e. The lowest BCUT2D eigenvalue weighted by Gasteiger charge is -2.37. The van der Waals surface area contributed by atoms with Gasteiger partial charge < -0.3 is 9.80 Å². The van der Waals surface area contributed by atoms with Gasteiger partial charge >= 0.3 is 0 Å². The van der Waals surface area contributed by atoms with Crippen LogP contribution in [0.4, 0.5) is 5.69 Å². The van der Waals surface area contributed by atoms with Crippen molar-refractivity contribution in [1.29, 1.82) is 0 Å². The van der Waals surface area contributed by atoms with Crippen LogP contribution in [0, 0.1) is 0 Å². The van der Waals surface area contributed by atoms with E-state index >= 15 is 0 Å². The second-order valence-electron chi connectivity index (χ2n) is 8.14. The molecule has 1 amide bonds. The molecule has 1 saturated heterocycles. The van der Waals surface area contributed by atoms with Gasteiger partial charge in [0, 0.05) is 47.8 Å². The summed E-state index contributed by atoms with van der Waals surface area (Å²) >= 11 is 6.30. The number of carbonyl (C=O) groups is 1. The highest BCUT2D eigenvalue weighted by atomic mass is 35.5. The van der Waals surface area contributed by atoms with Crippen LogP contribution in [0.5, 0.6) is 0 Å². The van der Waals surface area contributed by atoms with Gasteiger partial charge in [0.05, 0.1) is 5.52 Å². The molecule has 4 aromatic rings. The van der Waals surface area contributed by atoms with Crippen molar-refractivity contribution in [2.45, 2.75) is 13.0 Å². The van der Waals surface area contributed by atoms with Crippen LogP contribution in [0.25, 0.3) is 22.2 Å². The van der Waals surface area contributed by atoms with Crippen molar-refractivity contribution >= 4 is 34.1 Å². The Balaban J connectivity index is 1.40. The zero-order chi connectivity index (χ0) is 22.1. The summed E-state index contributed by atoms with van der Waals surface area (Å²) in [6.45, 7) is 4.99. The van der Waals surface area contributed by atoms with Crippen molar-refractivity contribution in [3.63, 3.8) is 0 Å². The summed E-state index contributed by atoms with van der Waals surface area (Å²) in [7, 11) is 0.